The Balaban J connectivity index is 0.00000161. The van der Waals surface area contributed by atoms with Gasteiger partial charge in [0.05, 0.1) is 5.69 Å². The van der Waals surface area contributed by atoms with Crippen molar-refractivity contribution in [3.63, 3.8) is 0 Å². The Hall–Kier alpha value is -0.650. The van der Waals surface area contributed by atoms with Gasteiger partial charge in [-0.3, -0.25) is 4.90 Å². The molecule has 1 aromatic carbocycles. The molecule has 2 heterocycles. The van der Waals surface area contributed by atoms with Crippen molar-refractivity contribution in [3.05, 3.63) is 40.4 Å². The Bertz CT molecular complexity index is 575. The van der Waals surface area contributed by atoms with Crippen LogP contribution in [0.15, 0.2) is 29.6 Å². The van der Waals surface area contributed by atoms with Crippen molar-refractivity contribution in [3.8, 4) is 10.6 Å². The van der Waals surface area contributed by atoms with E-state index < -0.39 is 0 Å². The lowest BCUT2D eigenvalue weighted by molar-refractivity contribution is 0.315. The highest BCUT2D eigenvalue weighted by atomic mass is 35.5. The second kappa shape index (κ2) is 7.07. The van der Waals surface area contributed by atoms with Crippen LogP contribution in [0.3, 0.4) is 0 Å². The molecule has 2 unspecified atom stereocenters. The van der Waals surface area contributed by atoms with E-state index in [9.17, 15) is 0 Å². The van der Waals surface area contributed by atoms with Crippen molar-refractivity contribution in [2.24, 2.45) is 11.7 Å². The molecule has 0 radical (unpaired) electrons. The van der Waals surface area contributed by atoms with E-state index in [0.29, 0.717) is 12.0 Å². The highest BCUT2D eigenvalue weighted by molar-refractivity contribution is 7.13. The molecule has 3 nitrogen and oxygen atoms in total. The van der Waals surface area contributed by atoms with Crippen molar-refractivity contribution in [2.75, 3.05) is 13.1 Å². The van der Waals surface area contributed by atoms with Crippen LogP contribution >= 0.6 is 35.3 Å². The molecular weight excluding hydrogens is 325 g/mol. The third-order valence-electron chi connectivity index (χ3n) is 3.77. The molecule has 1 aliphatic rings. The van der Waals surface area contributed by atoms with Crippen LogP contribution in [-0.2, 0) is 6.54 Å². The fourth-order valence-corrected chi connectivity index (χ4v) is 3.50. The SMILES string of the molecule is CC1CN(Cc2csc(-c3ccc(Cl)cc3)n2)CC1N.Cl. The molecule has 114 valence electrons. The average molecular weight is 344 g/mol. The maximum Gasteiger partial charge on any atom is 0.123 e. The molecule has 1 aliphatic heterocycles. The molecule has 2 N–H and O–H groups in total. The number of nitrogens with zero attached hydrogens (tertiary/aromatic N) is 2. The van der Waals surface area contributed by atoms with Gasteiger partial charge in [0.1, 0.15) is 5.01 Å². The first-order valence-electron chi connectivity index (χ1n) is 6.80. The van der Waals surface area contributed by atoms with Gasteiger partial charge in [-0.1, -0.05) is 30.7 Å². The van der Waals surface area contributed by atoms with Crippen molar-refractivity contribution in [1.82, 2.24) is 9.88 Å². The summed E-state index contributed by atoms with van der Waals surface area (Å²) in [4.78, 5) is 7.10. The summed E-state index contributed by atoms with van der Waals surface area (Å²) in [6, 6.07) is 8.12. The monoisotopic (exact) mass is 343 g/mol. The zero-order valence-electron chi connectivity index (χ0n) is 11.8. The minimum Gasteiger partial charge on any atom is -0.326 e. The normalized spacial score (nSPS) is 22.2. The fraction of sp³-hybridized carbons (Fsp3) is 0.400. The quantitative estimate of drug-likeness (QED) is 0.924. The summed E-state index contributed by atoms with van der Waals surface area (Å²) < 4.78 is 0. The van der Waals surface area contributed by atoms with Gasteiger partial charge in [0.2, 0.25) is 0 Å². The van der Waals surface area contributed by atoms with Crippen LogP contribution in [0.25, 0.3) is 10.6 Å². The molecule has 1 saturated heterocycles. The number of halogens is 2. The number of hydrogen-bond donors (Lipinski definition) is 1. The lowest BCUT2D eigenvalue weighted by atomic mass is 10.1. The molecule has 6 heteroatoms. The van der Waals surface area contributed by atoms with Crippen molar-refractivity contribution >= 4 is 35.3 Å². The second-order valence-electron chi connectivity index (χ2n) is 5.49. The first kappa shape index (κ1) is 16.7. The van der Waals surface area contributed by atoms with Crippen LogP contribution in [0.1, 0.15) is 12.6 Å². The van der Waals surface area contributed by atoms with Gasteiger partial charge in [-0.05, 0) is 18.1 Å². The molecular formula is C15H19Cl2N3S. The van der Waals surface area contributed by atoms with E-state index in [1.807, 2.05) is 24.3 Å². The van der Waals surface area contributed by atoms with Gasteiger partial charge in [0.15, 0.2) is 0 Å². The van der Waals surface area contributed by atoms with E-state index in [2.05, 4.69) is 17.2 Å². The van der Waals surface area contributed by atoms with E-state index >= 15 is 0 Å². The summed E-state index contributed by atoms with van der Waals surface area (Å²) >= 11 is 7.59. The smallest absolute Gasteiger partial charge is 0.123 e. The average Bonchev–Trinajstić information content (AvgIpc) is 2.99. The number of aromatic nitrogens is 1. The van der Waals surface area contributed by atoms with E-state index in [4.69, 9.17) is 22.3 Å². The number of thiazole rings is 1. The van der Waals surface area contributed by atoms with Gasteiger partial charge in [-0.15, -0.1) is 23.7 Å². The van der Waals surface area contributed by atoms with Crippen LogP contribution in [0, 0.1) is 5.92 Å². The molecule has 3 rings (SSSR count). The highest BCUT2D eigenvalue weighted by Crippen LogP contribution is 2.26. The molecule has 0 amide bonds. The standard InChI is InChI=1S/C15H18ClN3S.ClH/c1-10-6-19(8-14(10)17)7-13-9-20-15(18-13)11-2-4-12(16)5-3-11;/h2-5,9-10,14H,6-8,17H2,1H3;1H. The third kappa shape index (κ3) is 3.96. The Labute approximate surface area is 140 Å². The predicted molar refractivity (Wildman–Crippen MR) is 92.2 cm³/mol. The molecule has 0 spiro atoms. The maximum atomic E-state index is 6.06. The first-order chi connectivity index (χ1) is 9.61. The summed E-state index contributed by atoms with van der Waals surface area (Å²) in [7, 11) is 0. The Morgan fingerprint density at radius 3 is 2.67 bits per heavy atom. The summed E-state index contributed by atoms with van der Waals surface area (Å²) in [5.74, 6) is 0.573. The molecule has 1 fully saturated rings. The second-order valence-corrected chi connectivity index (χ2v) is 6.78. The number of likely N-dealkylation sites (tertiary alicyclic amines) is 1. The van der Waals surface area contributed by atoms with Crippen molar-refractivity contribution in [2.45, 2.75) is 19.5 Å². The molecule has 2 aromatic rings. The highest BCUT2D eigenvalue weighted by Gasteiger charge is 2.26. The topological polar surface area (TPSA) is 42.2 Å². The number of rotatable bonds is 3. The predicted octanol–water partition coefficient (Wildman–Crippen LogP) is 3.66. The molecule has 2 atom stereocenters. The molecule has 0 bridgehead atoms. The van der Waals surface area contributed by atoms with Crippen LogP contribution in [0.2, 0.25) is 5.02 Å². The van der Waals surface area contributed by atoms with Gasteiger partial charge < -0.3 is 5.73 Å². The summed E-state index contributed by atoms with van der Waals surface area (Å²) in [6.07, 6.45) is 0. The number of hydrogen-bond acceptors (Lipinski definition) is 4. The van der Waals surface area contributed by atoms with Gasteiger partial charge in [0.25, 0.3) is 0 Å². The molecule has 0 saturated carbocycles. The maximum absolute atomic E-state index is 6.06. The Kier molecular flexibility index (Phi) is 5.63. The Morgan fingerprint density at radius 1 is 1.33 bits per heavy atom. The van der Waals surface area contributed by atoms with E-state index in [-0.39, 0.29) is 12.4 Å². The summed E-state index contributed by atoms with van der Waals surface area (Å²) in [5.41, 5.74) is 8.31. The third-order valence-corrected chi connectivity index (χ3v) is 4.97. The zero-order chi connectivity index (χ0) is 14.1. The largest absolute Gasteiger partial charge is 0.326 e. The van der Waals surface area contributed by atoms with Gasteiger partial charge >= 0.3 is 0 Å². The van der Waals surface area contributed by atoms with Crippen LogP contribution in [0.4, 0.5) is 0 Å². The minimum atomic E-state index is 0. The van der Waals surface area contributed by atoms with E-state index in [0.717, 1.165) is 40.9 Å². The lowest BCUT2D eigenvalue weighted by Crippen LogP contribution is -2.28. The number of benzene rings is 1. The van der Waals surface area contributed by atoms with Gasteiger partial charge in [0, 0.05) is 41.6 Å². The summed E-state index contributed by atoms with van der Waals surface area (Å²) in [6.45, 7) is 5.14. The lowest BCUT2D eigenvalue weighted by Gasteiger charge is -2.12. The van der Waals surface area contributed by atoms with Gasteiger partial charge in [-0.2, -0.15) is 0 Å². The Morgan fingerprint density at radius 2 is 2.05 bits per heavy atom. The fourth-order valence-electron chi connectivity index (χ4n) is 2.56. The molecule has 0 aliphatic carbocycles. The molecule has 21 heavy (non-hydrogen) atoms. The van der Waals surface area contributed by atoms with Crippen molar-refractivity contribution < 1.29 is 0 Å². The van der Waals surface area contributed by atoms with Crippen LogP contribution < -0.4 is 5.73 Å². The van der Waals surface area contributed by atoms with E-state index in [1.54, 1.807) is 11.3 Å². The first-order valence-corrected chi connectivity index (χ1v) is 8.06. The van der Waals surface area contributed by atoms with E-state index in [1.165, 1.54) is 0 Å². The zero-order valence-corrected chi connectivity index (χ0v) is 14.2. The van der Waals surface area contributed by atoms with Gasteiger partial charge in [-0.25, -0.2) is 4.98 Å². The van der Waals surface area contributed by atoms with Crippen molar-refractivity contribution in [1.29, 1.82) is 0 Å². The number of nitrogens with two attached hydrogens (primary N) is 1. The minimum absolute atomic E-state index is 0. The molecule has 1 aromatic heterocycles. The summed E-state index contributed by atoms with van der Waals surface area (Å²) in [5, 5.41) is 3.94. The van der Waals surface area contributed by atoms with Crippen LogP contribution in [-0.4, -0.2) is 29.0 Å². The van der Waals surface area contributed by atoms with Crippen LogP contribution in [0.5, 0.6) is 0 Å².